The molecular weight excluding hydrogens is 202 g/mol. The zero-order valence-corrected chi connectivity index (χ0v) is 7.70. The minimum atomic E-state index is -1.46. The number of para-hydroxylation sites is 1. The fourth-order valence-corrected chi connectivity index (χ4v) is 0.964. The highest BCUT2D eigenvalue weighted by Gasteiger charge is 2.25. The number of carbonyl (C=O) groups is 1. The van der Waals surface area contributed by atoms with Crippen LogP contribution in [0, 0.1) is 10.1 Å². The molecule has 1 aromatic carbocycles. The number of ether oxygens (including phenoxy) is 1. The molecule has 0 fully saturated rings. The highest BCUT2D eigenvalue weighted by molar-refractivity contribution is 5.72. The van der Waals surface area contributed by atoms with Gasteiger partial charge in [0.15, 0.2) is 0 Å². The number of nitrogens with zero attached hydrogens (tertiary/aromatic N) is 1. The maximum absolute atomic E-state index is 10.6. The molecule has 1 atom stereocenters. The van der Waals surface area contributed by atoms with Crippen molar-refractivity contribution in [3.63, 3.8) is 0 Å². The highest BCUT2D eigenvalue weighted by atomic mass is 16.6. The van der Waals surface area contributed by atoms with Crippen molar-refractivity contribution in [3.8, 4) is 5.75 Å². The summed E-state index contributed by atoms with van der Waals surface area (Å²) in [5.74, 6) is -1.05. The molecule has 1 unspecified atom stereocenters. The summed E-state index contributed by atoms with van der Waals surface area (Å²) in [4.78, 5) is 20.1. The third-order valence-electron chi connectivity index (χ3n) is 1.61. The SMILES string of the molecule is O=C(O)C(C[N+](=O)[O-])Oc1ccccc1. The monoisotopic (exact) mass is 211 g/mol. The number of carboxylic acids is 1. The van der Waals surface area contributed by atoms with E-state index in [9.17, 15) is 14.9 Å². The molecule has 0 spiro atoms. The van der Waals surface area contributed by atoms with Crippen molar-refractivity contribution in [3.05, 3.63) is 40.4 Å². The minimum absolute atomic E-state index is 0.298. The Morgan fingerprint density at radius 2 is 2.07 bits per heavy atom. The quantitative estimate of drug-likeness (QED) is 0.574. The first-order chi connectivity index (χ1) is 7.09. The fourth-order valence-electron chi connectivity index (χ4n) is 0.964. The molecule has 6 nitrogen and oxygen atoms in total. The number of nitro groups is 1. The van der Waals surface area contributed by atoms with Gasteiger partial charge in [-0.1, -0.05) is 18.2 Å². The van der Waals surface area contributed by atoms with Gasteiger partial charge in [-0.05, 0) is 12.1 Å². The van der Waals surface area contributed by atoms with Crippen LogP contribution < -0.4 is 4.74 Å². The third-order valence-corrected chi connectivity index (χ3v) is 1.61. The van der Waals surface area contributed by atoms with E-state index in [1.165, 1.54) is 12.1 Å². The van der Waals surface area contributed by atoms with Crippen LogP contribution in [-0.4, -0.2) is 28.6 Å². The Morgan fingerprint density at radius 1 is 1.47 bits per heavy atom. The van der Waals surface area contributed by atoms with Gasteiger partial charge in [-0.2, -0.15) is 0 Å². The van der Waals surface area contributed by atoms with E-state index >= 15 is 0 Å². The second-order valence-corrected chi connectivity index (χ2v) is 2.77. The molecule has 0 aliphatic rings. The molecule has 0 amide bonds. The van der Waals surface area contributed by atoms with Crippen molar-refractivity contribution in [2.24, 2.45) is 0 Å². The van der Waals surface area contributed by atoms with Crippen LogP contribution in [-0.2, 0) is 4.79 Å². The lowest BCUT2D eigenvalue weighted by Gasteiger charge is -2.10. The number of hydrogen-bond acceptors (Lipinski definition) is 4. The standard InChI is InChI=1S/C9H9NO5/c11-9(12)8(6-10(13)14)15-7-4-2-1-3-5-7/h1-5,8H,6H2,(H,11,12). The van der Waals surface area contributed by atoms with Crippen LogP contribution in [0.3, 0.4) is 0 Å². The lowest BCUT2D eigenvalue weighted by molar-refractivity contribution is -0.486. The average Bonchev–Trinajstić information content (AvgIpc) is 2.17. The Bertz CT molecular complexity index is 351. The number of carboxylic acid groups (broad SMARTS) is 1. The summed E-state index contributed by atoms with van der Waals surface area (Å²) in [5.41, 5.74) is 0. The summed E-state index contributed by atoms with van der Waals surface area (Å²) in [5, 5.41) is 18.8. The lowest BCUT2D eigenvalue weighted by atomic mass is 10.3. The van der Waals surface area contributed by atoms with Gasteiger partial charge in [-0.25, -0.2) is 4.79 Å². The van der Waals surface area contributed by atoms with Gasteiger partial charge in [-0.15, -0.1) is 0 Å². The lowest BCUT2D eigenvalue weighted by Crippen LogP contribution is -2.34. The minimum Gasteiger partial charge on any atom is -0.478 e. The predicted molar refractivity (Wildman–Crippen MR) is 50.4 cm³/mol. The molecule has 1 N–H and O–H groups in total. The van der Waals surface area contributed by atoms with Crippen molar-refractivity contribution < 1.29 is 19.6 Å². The molecule has 6 heteroatoms. The molecule has 0 bridgehead atoms. The van der Waals surface area contributed by atoms with Crippen molar-refractivity contribution in [2.75, 3.05) is 6.54 Å². The molecule has 0 aromatic heterocycles. The molecule has 15 heavy (non-hydrogen) atoms. The van der Waals surface area contributed by atoms with Crippen LogP contribution in [0.15, 0.2) is 30.3 Å². The second-order valence-electron chi connectivity index (χ2n) is 2.77. The zero-order valence-electron chi connectivity index (χ0n) is 7.70. The van der Waals surface area contributed by atoms with E-state index in [4.69, 9.17) is 9.84 Å². The molecular formula is C9H9NO5. The van der Waals surface area contributed by atoms with E-state index in [2.05, 4.69) is 0 Å². The maximum atomic E-state index is 10.6. The molecule has 0 heterocycles. The summed E-state index contributed by atoms with van der Waals surface area (Å²) in [7, 11) is 0. The van der Waals surface area contributed by atoms with Crippen LogP contribution >= 0.6 is 0 Å². The molecule has 80 valence electrons. The van der Waals surface area contributed by atoms with Crippen molar-refractivity contribution in [1.82, 2.24) is 0 Å². The van der Waals surface area contributed by atoms with E-state index < -0.39 is 23.5 Å². The molecule has 0 saturated heterocycles. The van der Waals surface area contributed by atoms with E-state index in [-0.39, 0.29) is 0 Å². The van der Waals surface area contributed by atoms with E-state index in [0.29, 0.717) is 5.75 Å². The number of hydrogen-bond donors (Lipinski definition) is 1. The summed E-state index contributed by atoms with van der Waals surface area (Å²) in [6.07, 6.45) is -1.46. The van der Waals surface area contributed by atoms with E-state index in [1.807, 2.05) is 0 Å². The number of benzene rings is 1. The predicted octanol–water partition coefficient (Wildman–Crippen LogP) is 0.795. The van der Waals surface area contributed by atoms with Gasteiger partial charge in [0.05, 0.1) is 0 Å². The van der Waals surface area contributed by atoms with E-state index in [0.717, 1.165) is 0 Å². The average molecular weight is 211 g/mol. The Hall–Kier alpha value is -2.11. The van der Waals surface area contributed by atoms with Gasteiger partial charge in [0.2, 0.25) is 0 Å². The van der Waals surface area contributed by atoms with Gasteiger partial charge >= 0.3 is 5.97 Å². The molecule has 0 aliphatic heterocycles. The van der Waals surface area contributed by atoms with Crippen LogP contribution in [0.4, 0.5) is 0 Å². The maximum Gasteiger partial charge on any atom is 0.351 e. The summed E-state index contributed by atoms with van der Waals surface area (Å²) < 4.78 is 4.95. The number of aliphatic carboxylic acids is 1. The van der Waals surface area contributed by atoms with Crippen molar-refractivity contribution in [2.45, 2.75) is 6.10 Å². The molecule has 0 saturated carbocycles. The molecule has 1 rings (SSSR count). The van der Waals surface area contributed by atoms with Gasteiger partial charge in [0.25, 0.3) is 12.6 Å². The summed E-state index contributed by atoms with van der Waals surface area (Å²) in [6.45, 7) is -0.760. The molecule has 0 radical (unpaired) electrons. The van der Waals surface area contributed by atoms with Gasteiger partial charge in [0.1, 0.15) is 5.75 Å². The largest absolute Gasteiger partial charge is 0.478 e. The Balaban J connectivity index is 2.67. The first-order valence-electron chi connectivity index (χ1n) is 4.16. The summed E-state index contributed by atoms with van der Waals surface area (Å²) in [6, 6.07) is 8.11. The number of rotatable bonds is 5. The van der Waals surface area contributed by atoms with Gasteiger partial charge < -0.3 is 9.84 Å². The summed E-state index contributed by atoms with van der Waals surface area (Å²) >= 11 is 0. The smallest absolute Gasteiger partial charge is 0.351 e. The fraction of sp³-hybridized carbons (Fsp3) is 0.222. The van der Waals surface area contributed by atoms with Crippen molar-refractivity contribution >= 4 is 5.97 Å². The van der Waals surface area contributed by atoms with Crippen LogP contribution in [0.2, 0.25) is 0 Å². The van der Waals surface area contributed by atoms with Crippen molar-refractivity contribution in [1.29, 1.82) is 0 Å². The van der Waals surface area contributed by atoms with Gasteiger partial charge in [-0.3, -0.25) is 10.1 Å². The zero-order chi connectivity index (χ0) is 11.3. The first-order valence-corrected chi connectivity index (χ1v) is 4.16. The normalized spacial score (nSPS) is 11.7. The molecule has 0 aliphatic carbocycles. The Labute approximate surface area is 85.2 Å². The van der Waals surface area contributed by atoms with Crippen LogP contribution in [0.5, 0.6) is 5.75 Å². The topological polar surface area (TPSA) is 89.7 Å². The van der Waals surface area contributed by atoms with Crippen LogP contribution in [0.1, 0.15) is 0 Å². The van der Waals surface area contributed by atoms with Gasteiger partial charge in [0, 0.05) is 4.92 Å². The van der Waals surface area contributed by atoms with Crippen LogP contribution in [0.25, 0.3) is 0 Å². The third kappa shape index (κ3) is 3.63. The Morgan fingerprint density at radius 3 is 2.53 bits per heavy atom. The molecule has 1 aromatic rings. The Kier molecular flexibility index (Phi) is 3.61. The second kappa shape index (κ2) is 4.94. The highest BCUT2D eigenvalue weighted by Crippen LogP contribution is 2.11. The van der Waals surface area contributed by atoms with E-state index in [1.54, 1.807) is 18.2 Å². The first kappa shape index (κ1) is 11.0.